The fourth-order valence-corrected chi connectivity index (χ4v) is 5.03. The lowest BCUT2D eigenvalue weighted by Gasteiger charge is -2.25. The molecule has 4 rings (SSSR count). The molecule has 3 N–H and O–H groups in total. The van der Waals surface area contributed by atoms with Gasteiger partial charge in [-0.3, -0.25) is 9.59 Å². The van der Waals surface area contributed by atoms with Gasteiger partial charge in [-0.15, -0.1) is 0 Å². The van der Waals surface area contributed by atoms with Crippen LogP contribution >= 0.6 is 0 Å². The number of benzene rings is 4. The van der Waals surface area contributed by atoms with Gasteiger partial charge in [-0.05, 0) is 72.9 Å². The van der Waals surface area contributed by atoms with Gasteiger partial charge >= 0.3 is 6.09 Å². The van der Waals surface area contributed by atoms with Crippen LogP contribution in [0, 0.1) is 0 Å². The molecule has 0 aliphatic rings. The van der Waals surface area contributed by atoms with E-state index in [9.17, 15) is 19.5 Å². The van der Waals surface area contributed by atoms with Gasteiger partial charge in [0.2, 0.25) is 5.91 Å². The Kier molecular flexibility index (Phi) is 11.8. The highest BCUT2D eigenvalue weighted by Gasteiger charge is 2.25. The van der Waals surface area contributed by atoms with Gasteiger partial charge in [0.1, 0.15) is 24.0 Å². The summed E-state index contributed by atoms with van der Waals surface area (Å²) in [5.74, 6) is 0.0480. The Morgan fingerprint density at radius 3 is 2.37 bits per heavy atom. The zero-order valence-electron chi connectivity index (χ0n) is 26.9. The minimum atomic E-state index is -0.830. The Bertz CT molecular complexity index is 1650. The van der Waals surface area contributed by atoms with Gasteiger partial charge in [-0.25, -0.2) is 4.79 Å². The normalized spacial score (nSPS) is 11.8. The summed E-state index contributed by atoms with van der Waals surface area (Å²) < 4.78 is 11.0. The van der Waals surface area contributed by atoms with Crippen LogP contribution in [-0.4, -0.2) is 66.4 Å². The Balaban J connectivity index is 1.50. The second-order valence-corrected chi connectivity index (χ2v) is 12.2. The van der Waals surface area contributed by atoms with Crippen molar-refractivity contribution in [3.05, 3.63) is 113 Å². The van der Waals surface area contributed by atoms with Crippen LogP contribution in [0.25, 0.3) is 10.8 Å². The number of amides is 3. The fraction of sp³-hybridized carbons (Fsp3) is 0.324. The third kappa shape index (κ3) is 10.1. The first-order chi connectivity index (χ1) is 22.0. The van der Waals surface area contributed by atoms with Gasteiger partial charge < -0.3 is 30.1 Å². The number of aliphatic hydroxyl groups is 1. The molecule has 4 aromatic rings. The maximum atomic E-state index is 13.9. The monoisotopic (exact) mass is 625 g/mol. The number of fused-ring (bicyclic) bond motifs is 1. The molecule has 0 aliphatic heterocycles. The highest BCUT2D eigenvalue weighted by atomic mass is 16.6. The van der Waals surface area contributed by atoms with Gasteiger partial charge in [-0.2, -0.15) is 0 Å². The first kappa shape index (κ1) is 34.0. The predicted octanol–water partition coefficient (Wildman–Crippen LogP) is 5.28. The first-order valence-electron chi connectivity index (χ1n) is 15.4. The van der Waals surface area contributed by atoms with Crippen molar-refractivity contribution in [2.45, 2.75) is 51.8 Å². The SMILES string of the molecule is CN(CCc1ccccc1OCCO)C(=O)[C@@H](Cc1ccc2ccccc2c1)NC(=O)c1cccc(CNC(=O)OC(C)(C)C)c1. The zero-order valence-corrected chi connectivity index (χ0v) is 26.9. The van der Waals surface area contributed by atoms with Crippen LogP contribution < -0.4 is 15.4 Å². The molecule has 0 aliphatic carbocycles. The Labute approximate surface area is 270 Å². The third-order valence-corrected chi connectivity index (χ3v) is 7.30. The predicted molar refractivity (Wildman–Crippen MR) is 179 cm³/mol. The molecular weight excluding hydrogens is 582 g/mol. The number of alkyl carbamates (subject to hydrolysis) is 1. The second kappa shape index (κ2) is 15.9. The molecule has 0 heterocycles. The first-order valence-corrected chi connectivity index (χ1v) is 15.4. The number of ether oxygens (including phenoxy) is 2. The molecule has 0 aromatic heterocycles. The van der Waals surface area contributed by atoms with E-state index in [2.05, 4.69) is 10.6 Å². The van der Waals surface area contributed by atoms with Crippen molar-refractivity contribution in [3.8, 4) is 5.75 Å². The van der Waals surface area contributed by atoms with E-state index in [-0.39, 0.29) is 25.7 Å². The number of rotatable bonds is 13. The van der Waals surface area contributed by atoms with Crippen LogP contribution in [0.2, 0.25) is 0 Å². The number of nitrogens with zero attached hydrogens (tertiary/aromatic N) is 1. The molecule has 0 unspecified atom stereocenters. The molecule has 0 fully saturated rings. The minimum Gasteiger partial charge on any atom is -0.491 e. The summed E-state index contributed by atoms with van der Waals surface area (Å²) in [5.41, 5.74) is 2.31. The molecule has 1 atom stereocenters. The number of para-hydroxylation sites is 1. The Hall–Kier alpha value is -4.89. The fourth-order valence-electron chi connectivity index (χ4n) is 5.03. The van der Waals surface area contributed by atoms with Crippen molar-refractivity contribution in [1.82, 2.24) is 15.5 Å². The summed E-state index contributed by atoms with van der Waals surface area (Å²) in [4.78, 5) is 41.2. The molecule has 242 valence electrons. The van der Waals surface area contributed by atoms with E-state index in [1.807, 2.05) is 72.8 Å². The molecule has 9 heteroatoms. The lowest BCUT2D eigenvalue weighted by molar-refractivity contribution is -0.131. The van der Waals surface area contributed by atoms with Crippen LogP contribution in [-0.2, 0) is 28.9 Å². The van der Waals surface area contributed by atoms with Gasteiger partial charge in [0.05, 0.1) is 6.61 Å². The number of hydrogen-bond acceptors (Lipinski definition) is 6. The van der Waals surface area contributed by atoms with Crippen molar-refractivity contribution >= 4 is 28.7 Å². The lowest BCUT2D eigenvalue weighted by atomic mass is 10.00. The van der Waals surface area contributed by atoms with E-state index in [0.717, 1.165) is 27.5 Å². The van der Waals surface area contributed by atoms with Crippen molar-refractivity contribution in [2.75, 3.05) is 26.8 Å². The zero-order chi connectivity index (χ0) is 33.1. The molecule has 3 amide bonds. The van der Waals surface area contributed by atoms with Gasteiger partial charge in [0.25, 0.3) is 5.91 Å². The smallest absolute Gasteiger partial charge is 0.407 e. The molecule has 9 nitrogen and oxygen atoms in total. The summed E-state index contributed by atoms with van der Waals surface area (Å²) in [7, 11) is 1.72. The lowest BCUT2D eigenvalue weighted by Crippen LogP contribution is -2.49. The summed E-state index contributed by atoms with van der Waals surface area (Å²) in [6, 6.07) is 27.7. The van der Waals surface area contributed by atoms with Crippen LogP contribution in [0.15, 0.2) is 91.0 Å². The van der Waals surface area contributed by atoms with Crippen LogP contribution in [0.1, 0.15) is 47.8 Å². The molecule has 0 spiro atoms. The van der Waals surface area contributed by atoms with E-state index < -0.39 is 23.6 Å². The molecule has 0 saturated heterocycles. The number of hydrogen-bond donors (Lipinski definition) is 3. The summed E-state index contributed by atoms with van der Waals surface area (Å²) in [6.45, 7) is 6.04. The number of carbonyl (C=O) groups is 3. The van der Waals surface area contributed by atoms with E-state index in [1.54, 1.807) is 50.9 Å². The third-order valence-electron chi connectivity index (χ3n) is 7.30. The molecule has 46 heavy (non-hydrogen) atoms. The average molecular weight is 626 g/mol. The highest BCUT2D eigenvalue weighted by molar-refractivity contribution is 5.98. The molecule has 4 aromatic carbocycles. The Morgan fingerprint density at radius 1 is 0.870 bits per heavy atom. The van der Waals surface area contributed by atoms with E-state index in [1.165, 1.54) is 0 Å². The highest BCUT2D eigenvalue weighted by Crippen LogP contribution is 2.20. The quantitative estimate of drug-likeness (QED) is 0.186. The average Bonchev–Trinajstić information content (AvgIpc) is 3.04. The van der Waals surface area contributed by atoms with Gasteiger partial charge in [-0.1, -0.05) is 72.8 Å². The van der Waals surface area contributed by atoms with Crippen molar-refractivity contribution < 1.29 is 29.0 Å². The molecule has 0 radical (unpaired) electrons. The molecular formula is C37H43N3O6. The summed E-state index contributed by atoms with van der Waals surface area (Å²) in [5, 5.41) is 17.0. The topological polar surface area (TPSA) is 117 Å². The van der Waals surface area contributed by atoms with Gasteiger partial charge in [0.15, 0.2) is 0 Å². The second-order valence-electron chi connectivity index (χ2n) is 12.2. The molecule has 0 saturated carbocycles. The van der Waals surface area contributed by atoms with E-state index >= 15 is 0 Å². The van der Waals surface area contributed by atoms with Crippen molar-refractivity contribution in [1.29, 1.82) is 0 Å². The minimum absolute atomic E-state index is 0.0912. The summed E-state index contributed by atoms with van der Waals surface area (Å²) in [6.07, 6.45) is 0.289. The van der Waals surface area contributed by atoms with E-state index in [0.29, 0.717) is 30.7 Å². The van der Waals surface area contributed by atoms with Crippen LogP contribution in [0.3, 0.4) is 0 Å². The summed E-state index contributed by atoms with van der Waals surface area (Å²) >= 11 is 0. The van der Waals surface area contributed by atoms with Crippen LogP contribution in [0.5, 0.6) is 5.75 Å². The maximum Gasteiger partial charge on any atom is 0.407 e. The standard InChI is InChI=1S/C37H43N3O6/c1-37(2,3)46-36(44)38-25-27-10-9-14-31(23-27)34(42)39-32(24-26-16-17-28-11-5-6-13-30(28)22-26)35(43)40(4)19-18-29-12-7-8-15-33(29)45-21-20-41/h5-17,22-23,32,41H,18-21,24-25H2,1-4H3,(H,38,44)(H,39,42)/t32-/m1/s1. The van der Waals surface area contributed by atoms with Crippen molar-refractivity contribution in [2.24, 2.45) is 0 Å². The number of aliphatic hydroxyl groups excluding tert-OH is 1. The number of nitrogens with one attached hydrogen (secondary N) is 2. The van der Waals surface area contributed by atoms with Gasteiger partial charge in [0, 0.05) is 32.1 Å². The number of likely N-dealkylation sites (N-methyl/N-ethyl adjacent to an activating group) is 1. The van der Waals surface area contributed by atoms with Crippen LogP contribution in [0.4, 0.5) is 4.79 Å². The largest absolute Gasteiger partial charge is 0.491 e. The molecule has 0 bridgehead atoms. The maximum absolute atomic E-state index is 13.9. The number of carbonyl (C=O) groups excluding carboxylic acids is 3. The van der Waals surface area contributed by atoms with E-state index in [4.69, 9.17) is 9.47 Å². The Morgan fingerprint density at radius 2 is 1.61 bits per heavy atom. The van der Waals surface area contributed by atoms with Crippen molar-refractivity contribution in [3.63, 3.8) is 0 Å².